The monoisotopic (exact) mass is 448 g/mol. The molecule has 0 amide bonds. The minimum atomic E-state index is 0.362. The van der Waals surface area contributed by atoms with E-state index in [9.17, 15) is 0 Å². The Labute approximate surface area is 199 Å². The van der Waals surface area contributed by atoms with Crippen LogP contribution in [0.3, 0.4) is 0 Å². The predicted molar refractivity (Wildman–Crippen MR) is 138 cm³/mol. The minimum Gasteiger partial charge on any atom is -0.487 e. The fourth-order valence-electron chi connectivity index (χ4n) is 4.20. The zero-order chi connectivity index (χ0) is 23.3. The number of nitrogens with two attached hydrogens (primary N) is 1. The summed E-state index contributed by atoms with van der Waals surface area (Å²) in [7, 11) is 0. The molecule has 5 rings (SSSR count). The number of hydrogen-bond donors (Lipinski definition) is 2. The zero-order valence-corrected chi connectivity index (χ0v) is 19.2. The molecule has 5 heteroatoms. The molecule has 0 aliphatic rings. The number of anilines is 1. The average Bonchev–Trinajstić information content (AvgIpc) is 3.25. The number of nitrogens with one attached hydrogen (secondary N) is 1. The van der Waals surface area contributed by atoms with Gasteiger partial charge in [-0.1, -0.05) is 78.9 Å². The van der Waals surface area contributed by atoms with Crippen molar-refractivity contribution < 1.29 is 4.74 Å². The van der Waals surface area contributed by atoms with Gasteiger partial charge in [-0.05, 0) is 46.9 Å². The molecular weight excluding hydrogens is 420 g/mol. The molecule has 0 radical (unpaired) electrons. The van der Waals surface area contributed by atoms with Crippen LogP contribution in [0, 0.1) is 6.92 Å². The summed E-state index contributed by atoms with van der Waals surface area (Å²) in [5.41, 5.74) is 13.7. The SMILES string of the molecule is Cc1c(COc2ccc3nc(CN)c(NCc4ccccc4)n3c2)cccc1-c1ccccc1. The topological polar surface area (TPSA) is 64.6 Å². The number of fused-ring (bicyclic) bond motifs is 1. The molecule has 170 valence electrons. The summed E-state index contributed by atoms with van der Waals surface area (Å²) in [5, 5.41) is 3.50. The molecule has 0 aliphatic heterocycles. The Morgan fingerprint density at radius 1 is 0.882 bits per heavy atom. The van der Waals surface area contributed by atoms with Crippen LogP contribution >= 0.6 is 0 Å². The summed E-state index contributed by atoms with van der Waals surface area (Å²) in [5.74, 6) is 1.68. The fourth-order valence-corrected chi connectivity index (χ4v) is 4.20. The van der Waals surface area contributed by atoms with Crippen LogP contribution in [-0.4, -0.2) is 9.38 Å². The zero-order valence-electron chi connectivity index (χ0n) is 19.2. The summed E-state index contributed by atoms with van der Waals surface area (Å²) in [4.78, 5) is 4.68. The van der Waals surface area contributed by atoms with E-state index >= 15 is 0 Å². The maximum atomic E-state index is 6.22. The Bertz CT molecular complexity index is 1390. The van der Waals surface area contributed by atoms with Crippen molar-refractivity contribution in [3.05, 3.63) is 120 Å². The molecule has 0 aliphatic carbocycles. The van der Waals surface area contributed by atoms with Crippen molar-refractivity contribution in [1.29, 1.82) is 0 Å². The lowest BCUT2D eigenvalue weighted by Gasteiger charge is -2.13. The van der Waals surface area contributed by atoms with Crippen molar-refractivity contribution in [1.82, 2.24) is 9.38 Å². The Morgan fingerprint density at radius 3 is 2.41 bits per heavy atom. The van der Waals surface area contributed by atoms with E-state index in [1.54, 1.807) is 0 Å². The lowest BCUT2D eigenvalue weighted by Crippen LogP contribution is -2.07. The third-order valence-corrected chi connectivity index (χ3v) is 6.08. The highest BCUT2D eigenvalue weighted by atomic mass is 16.5. The number of ether oxygens (including phenoxy) is 1. The van der Waals surface area contributed by atoms with Gasteiger partial charge in [0.1, 0.15) is 23.8 Å². The second-order valence-corrected chi connectivity index (χ2v) is 8.29. The van der Waals surface area contributed by atoms with E-state index in [0.29, 0.717) is 19.7 Å². The normalized spacial score (nSPS) is 11.0. The first kappa shape index (κ1) is 21.7. The summed E-state index contributed by atoms with van der Waals surface area (Å²) >= 11 is 0. The van der Waals surface area contributed by atoms with E-state index in [1.165, 1.54) is 22.3 Å². The second-order valence-electron chi connectivity index (χ2n) is 8.29. The molecule has 5 aromatic rings. The molecule has 2 aromatic heterocycles. The lowest BCUT2D eigenvalue weighted by atomic mass is 9.97. The van der Waals surface area contributed by atoms with Crippen LogP contribution in [0.25, 0.3) is 16.8 Å². The molecule has 0 saturated carbocycles. The minimum absolute atomic E-state index is 0.362. The first-order chi connectivity index (χ1) is 16.7. The molecular formula is C29H28N4O. The molecule has 0 unspecified atom stereocenters. The fraction of sp³-hybridized carbons (Fsp3) is 0.138. The van der Waals surface area contributed by atoms with E-state index < -0.39 is 0 Å². The lowest BCUT2D eigenvalue weighted by molar-refractivity contribution is 0.304. The number of rotatable bonds is 8. The maximum Gasteiger partial charge on any atom is 0.138 e. The Balaban J connectivity index is 1.38. The first-order valence-corrected chi connectivity index (χ1v) is 11.5. The van der Waals surface area contributed by atoms with Gasteiger partial charge in [-0.3, -0.25) is 4.40 Å². The van der Waals surface area contributed by atoms with Crippen molar-refractivity contribution in [3.63, 3.8) is 0 Å². The quantitative estimate of drug-likeness (QED) is 0.307. The van der Waals surface area contributed by atoms with E-state index in [2.05, 4.69) is 71.8 Å². The van der Waals surface area contributed by atoms with E-state index in [1.807, 2.05) is 47.0 Å². The van der Waals surface area contributed by atoms with Crippen molar-refractivity contribution in [2.24, 2.45) is 5.73 Å². The number of nitrogens with zero attached hydrogens (tertiary/aromatic N) is 2. The van der Waals surface area contributed by atoms with Gasteiger partial charge in [-0.25, -0.2) is 4.98 Å². The van der Waals surface area contributed by atoms with Gasteiger partial charge in [0.15, 0.2) is 0 Å². The van der Waals surface area contributed by atoms with Crippen molar-refractivity contribution in [2.45, 2.75) is 26.6 Å². The molecule has 3 N–H and O–H groups in total. The van der Waals surface area contributed by atoms with Gasteiger partial charge in [0.25, 0.3) is 0 Å². The number of hydrogen-bond acceptors (Lipinski definition) is 4. The summed E-state index contributed by atoms with van der Waals surface area (Å²) in [6.07, 6.45) is 1.98. The summed E-state index contributed by atoms with van der Waals surface area (Å²) in [6, 6.07) is 31.0. The molecule has 0 fully saturated rings. The van der Waals surface area contributed by atoms with Crippen molar-refractivity contribution in [3.8, 4) is 16.9 Å². The average molecular weight is 449 g/mol. The summed E-state index contributed by atoms with van der Waals surface area (Å²) in [6.45, 7) is 3.70. The molecule has 3 aromatic carbocycles. The van der Waals surface area contributed by atoms with Crippen LogP contribution in [0.4, 0.5) is 5.82 Å². The molecule has 5 nitrogen and oxygen atoms in total. The highest BCUT2D eigenvalue weighted by molar-refractivity contribution is 5.68. The maximum absolute atomic E-state index is 6.22. The number of benzene rings is 3. The van der Waals surface area contributed by atoms with E-state index in [4.69, 9.17) is 10.5 Å². The van der Waals surface area contributed by atoms with Crippen LogP contribution in [-0.2, 0) is 19.7 Å². The Kier molecular flexibility index (Phi) is 6.27. The van der Waals surface area contributed by atoms with Crippen LogP contribution in [0.5, 0.6) is 5.75 Å². The summed E-state index contributed by atoms with van der Waals surface area (Å²) < 4.78 is 8.25. The number of imidazole rings is 1. The number of pyridine rings is 1. The van der Waals surface area contributed by atoms with Gasteiger partial charge >= 0.3 is 0 Å². The van der Waals surface area contributed by atoms with Gasteiger partial charge in [0.05, 0.1) is 11.9 Å². The van der Waals surface area contributed by atoms with E-state index in [0.717, 1.165) is 28.5 Å². The van der Waals surface area contributed by atoms with Crippen LogP contribution < -0.4 is 15.8 Å². The second kappa shape index (κ2) is 9.81. The third-order valence-electron chi connectivity index (χ3n) is 6.08. The molecule has 2 heterocycles. The largest absolute Gasteiger partial charge is 0.487 e. The molecule has 34 heavy (non-hydrogen) atoms. The smallest absolute Gasteiger partial charge is 0.138 e. The Morgan fingerprint density at radius 2 is 1.65 bits per heavy atom. The van der Waals surface area contributed by atoms with Crippen molar-refractivity contribution >= 4 is 11.5 Å². The Hall–Kier alpha value is -4.09. The first-order valence-electron chi connectivity index (χ1n) is 11.5. The van der Waals surface area contributed by atoms with Gasteiger partial charge in [-0.15, -0.1) is 0 Å². The van der Waals surface area contributed by atoms with Gasteiger partial charge < -0.3 is 15.8 Å². The van der Waals surface area contributed by atoms with Crippen LogP contribution in [0.2, 0.25) is 0 Å². The van der Waals surface area contributed by atoms with Gasteiger partial charge in [0, 0.05) is 13.1 Å². The molecule has 0 saturated heterocycles. The highest BCUT2D eigenvalue weighted by Gasteiger charge is 2.12. The van der Waals surface area contributed by atoms with Gasteiger partial charge in [-0.2, -0.15) is 0 Å². The highest BCUT2D eigenvalue weighted by Crippen LogP contribution is 2.27. The predicted octanol–water partition coefficient (Wildman–Crippen LogP) is 5.96. The third kappa shape index (κ3) is 4.51. The van der Waals surface area contributed by atoms with Crippen LogP contribution in [0.15, 0.2) is 97.2 Å². The molecule has 0 atom stereocenters. The van der Waals surface area contributed by atoms with Crippen molar-refractivity contribution in [2.75, 3.05) is 5.32 Å². The van der Waals surface area contributed by atoms with Crippen LogP contribution in [0.1, 0.15) is 22.4 Å². The number of aromatic nitrogens is 2. The van der Waals surface area contributed by atoms with Gasteiger partial charge in [0.2, 0.25) is 0 Å². The van der Waals surface area contributed by atoms with E-state index in [-0.39, 0.29) is 0 Å². The molecule has 0 bridgehead atoms. The molecule has 0 spiro atoms. The standard InChI is InChI=1S/C29H28N4O/c1-21-24(13-8-14-26(21)23-11-6-3-7-12-23)20-34-25-15-16-28-32-27(17-30)29(33(28)19-25)31-18-22-9-4-2-5-10-22/h2-16,19,31H,17-18,20,30H2,1H3.